The molecule has 0 saturated carbocycles. The second-order valence-corrected chi connectivity index (χ2v) is 6.48. The van der Waals surface area contributed by atoms with Gasteiger partial charge in [0.05, 0.1) is 4.90 Å². The fourth-order valence-electron chi connectivity index (χ4n) is 1.92. The van der Waals surface area contributed by atoms with Crippen molar-refractivity contribution < 1.29 is 17.6 Å². The summed E-state index contributed by atoms with van der Waals surface area (Å²) in [6, 6.07) is 15.5. The third kappa shape index (κ3) is 3.14. The molecule has 116 valence electrons. The molecular formula is C16H12N2O4S. The second-order valence-electron chi connectivity index (χ2n) is 4.60. The van der Waals surface area contributed by atoms with Gasteiger partial charge < -0.3 is 9.73 Å². The highest BCUT2D eigenvalue weighted by Crippen LogP contribution is 2.23. The fraction of sp³-hybridized carbons (Fsp3) is 0. The van der Waals surface area contributed by atoms with Gasteiger partial charge in [-0.05, 0) is 36.4 Å². The van der Waals surface area contributed by atoms with Gasteiger partial charge in [0.1, 0.15) is 5.82 Å². The Hall–Kier alpha value is -2.93. The van der Waals surface area contributed by atoms with Crippen molar-refractivity contribution in [1.82, 2.24) is 4.98 Å². The molecule has 3 aromatic rings. The Balaban J connectivity index is 1.85. The standard InChI is InChI=1S/C16H12N2O4S/c19-16(18-14-8-4-5-11-17-14)13-9-10-15(22-13)23(20,21)12-6-2-1-3-7-12/h1-11H,(H,17,18,19). The summed E-state index contributed by atoms with van der Waals surface area (Å²) < 4.78 is 30.0. The van der Waals surface area contributed by atoms with E-state index in [0.717, 1.165) is 0 Å². The number of hydrogen-bond acceptors (Lipinski definition) is 5. The van der Waals surface area contributed by atoms with Crippen LogP contribution in [0, 0.1) is 0 Å². The van der Waals surface area contributed by atoms with Crippen LogP contribution in [0.5, 0.6) is 0 Å². The van der Waals surface area contributed by atoms with Crippen molar-refractivity contribution in [3.63, 3.8) is 0 Å². The Labute approximate surface area is 132 Å². The van der Waals surface area contributed by atoms with Gasteiger partial charge in [-0.25, -0.2) is 13.4 Å². The molecule has 1 amide bonds. The molecule has 2 aromatic heterocycles. The van der Waals surface area contributed by atoms with Crippen LogP contribution in [-0.4, -0.2) is 19.3 Å². The molecule has 2 heterocycles. The largest absolute Gasteiger partial charge is 0.439 e. The predicted octanol–water partition coefficient (Wildman–Crippen LogP) is 2.76. The number of amides is 1. The lowest BCUT2D eigenvalue weighted by Crippen LogP contribution is -2.11. The number of carbonyl (C=O) groups is 1. The van der Waals surface area contributed by atoms with Gasteiger partial charge in [0.25, 0.3) is 5.91 Å². The Kier molecular flexibility index (Phi) is 3.94. The quantitative estimate of drug-likeness (QED) is 0.795. The Morgan fingerprint density at radius 2 is 1.70 bits per heavy atom. The van der Waals surface area contributed by atoms with E-state index in [1.807, 2.05) is 0 Å². The number of sulfone groups is 1. The molecule has 0 aliphatic rings. The van der Waals surface area contributed by atoms with E-state index in [4.69, 9.17) is 4.42 Å². The number of pyridine rings is 1. The number of nitrogens with zero attached hydrogens (tertiary/aromatic N) is 1. The van der Waals surface area contributed by atoms with E-state index in [1.54, 1.807) is 36.4 Å². The molecule has 0 atom stereocenters. The minimum Gasteiger partial charge on any atom is -0.439 e. The molecule has 0 radical (unpaired) electrons. The van der Waals surface area contributed by atoms with Crippen LogP contribution in [0.1, 0.15) is 10.6 Å². The van der Waals surface area contributed by atoms with Crippen molar-refractivity contribution in [3.05, 3.63) is 72.6 Å². The second kappa shape index (κ2) is 6.05. The van der Waals surface area contributed by atoms with E-state index in [-0.39, 0.29) is 15.7 Å². The van der Waals surface area contributed by atoms with Crippen LogP contribution in [0.2, 0.25) is 0 Å². The van der Waals surface area contributed by atoms with Gasteiger partial charge >= 0.3 is 0 Å². The zero-order valence-corrected chi connectivity index (χ0v) is 12.7. The molecule has 0 bridgehead atoms. The first-order valence-corrected chi connectivity index (χ1v) is 8.18. The maximum atomic E-state index is 12.4. The molecule has 23 heavy (non-hydrogen) atoms. The monoisotopic (exact) mass is 328 g/mol. The van der Waals surface area contributed by atoms with Crippen LogP contribution in [0.25, 0.3) is 0 Å². The van der Waals surface area contributed by atoms with Crippen molar-refractivity contribution in [2.75, 3.05) is 5.32 Å². The lowest BCUT2D eigenvalue weighted by molar-refractivity contribution is 0.0991. The molecule has 0 unspecified atom stereocenters. The number of aromatic nitrogens is 1. The van der Waals surface area contributed by atoms with Gasteiger partial charge in [0, 0.05) is 6.20 Å². The number of hydrogen-bond donors (Lipinski definition) is 1. The van der Waals surface area contributed by atoms with Crippen molar-refractivity contribution in [2.24, 2.45) is 0 Å². The van der Waals surface area contributed by atoms with Crippen LogP contribution in [0.15, 0.2) is 81.3 Å². The van der Waals surface area contributed by atoms with Crippen LogP contribution in [-0.2, 0) is 9.84 Å². The molecule has 0 spiro atoms. The van der Waals surface area contributed by atoms with Gasteiger partial charge in [-0.15, -0.1) is 0 Å². The molecule has 0 aliphatic carbocycles. The normalized spacial score (nSPS) is 11.1. The van der Waals surface area contributed by atoms with Crippen LogP contribution < -0.4 is 5.32 Å². The minimum atomic E-state index is -3.79. The number of rotatable bonds is 4. The van der Waals surface area contributed by atoms with Crippen molar-refractivity contribution in [3.8, 4) is 0 Å². The number of nitrogens with one attached hydrogen (secondary N) is 1. The summed E-state index contributed by atoms with van der Waals surface area (Å²) in [7, 11) is -3.79. The third-order valence-corrected chi connectivity index (χ3v) is 4.67. The molecular weight excluding hydrogens is 316 g/mol. The first kappa shape index (κ1) is 15.0. The van der Waals surface area contributed by atoms with Crippen LogP contribution in [0.4, 0.5) is 5.82 Å². The molecule has 0 fully saturated rings. The summed E-state index contributed by atoms with van der Waals surface area (Å²) in [6.07, 6.45) is 1.53. The van der Waals surface area contributed by atoms with E-state index in [1.165, 1.54) is 30.5 Å². The van der Waals surface area contributed by atoms with Gasteiger partial charge in [-0.2, -0.15) is 0 Å². The van der Waals surface area contributed by atoms with E-state index < -0.39 is 15.7 Å². The summed E-state index contributed by atoms with van der Waals surface area (Å²) >= 11 is 0. The average molecular weight is 328 g/mol. The van der Waals surface area contributed by atoms with E-state index in [9.17, 15) is 13.2 Å². The summed E-state index contributed by atoms with van der Waals surface area (Å²) in [5.41, 5.74) is 0. The Bertz CT molecular complexity index is 919. The SMILES string of the molecule is O=C(Nc1ccccn1)c1ccc(S(=O)(=O)c2ccccc2)o1. The van der Waals surface area contributed by atoms with Gasteiger partial charge in [-0.1, -0.05) is 24.3 Å². The number of furan rings is 1. The topological polar surface area (TPSA) is 89.3 Å². The van der Waals surface area contributed by atoms with Crippen molar-refractivity contribution in [1.29, 1.82) is 0 Å². The zero-order chi connectivity index (χ0) is 16.3. The zero-order valence-electron chi connectivity index (χ0n) is 11.8. The van der Waals surface area contributed by atoms with Crippen LogP contribution >= 0.6 is 0 Å². The maximum absolute atomic E-state index is 12.4. The fourth-order valence-corrected chi connectivity index (χ4v) is 3.11. The molecule has 7 heteroatoms. The van der Waals surface area contributed by atoms with Gasteiger partial charge in [-0.3, -0.25) is 4.79 Å². The van der Waals surface area contributed by atoms with E-state index in [2.05, 4.69) is 10.3 Å². The number of anilines is 1. The third-order valence-electron chi connectivity index (χ3n) is 3.03. The van der Waals surface area contributed by atoms with E-state index in [0.29, 0.717) is 5.82 Å². The lowest BCUT2D eigenvalue weighted by Gasteiger charge is -2.02. The molecule has 3 rings (SSSR count). The van der Waals surface area contributed by atoms with Crippen molar-refractivity contribution in [2.45, 2.75) is 9.99 Å². The average Bonchev–Trinajstić information content (AvgIpc) is 3.07. The smallest absolute Gasteiger partial charge is 0.292 e. The first-order chi connectivity index (χ1) is 11.1. The predicted molar refractivity (Wildman–Crippen MR) is 82.8 cm³/mol. The summed E-state index contributed by atoms with van der Waals surface area (Å²) in [5, 5.41) is 2.24. The van der Waals surface area contributed by atoms with E-state index >= 15 is 0 Å². The molecule has 1 N–H and O–H groups in total. The van der Waals surface area contributed by atoms with Gasteiger partial charge in [0.15, 0.2) is 5.76 Å². The molecule has 0 saturated heterocycles. The Morgan fingerprint density at radius 3 is 2.39 bits per heavy atom. The Morgan fingerprint density at radius 1 is 0.957 bits per heavy atom. The summed E-state index contributed by atoms with van der Waals surface area (Å²) in [6.45, 7) is 0. The molecule has 0 aliphatic heterocycles. The maximum Gasteiger partial charge on any atom is 0.292 e. The highest BCUT2D eigenvalue weighted by atomic mass is 32.2. The summed E-state index contributed by atoms with van der Waals surface area (Å²) in [5.74, 6) is -0.329. The minimum absolute atomic E-state index is 0.103. The highest BCUT2D eigenvalue weighted by Gasteiger charge is 2.23. The lowest BCUT2D eigenvalue weighted by atomic mass is 10.4. The highest BCUT2D eigenvalue weighted by molar-refractivity contribution is 7.91. The number of benzene rings is 1. The molecule has 6 nitrogen and oxygen atoms in total. The van der Waals surface area contributed by atoms with Crippen LogP contribution in [0.3, 0.4) is 0 Å². The molecule has 1 aromatic carbocycles. The first-order valence-electron chi connectivity index (χ1n) is 6.70. The van der Waals surface area contributed by atoms with Gasteiger partial charge in [0.2, 0.25) is 14.9 Å². The van der Waals surface area contributed by atoms with Crippen molar-refractivity contribution >= 4 is 21.6 Å². The summed E-state index contributed by atoms with van der Waals surface area (Å²) in [4.78, 5) is 16.1. The number of carbonyl (C=O) groups excluding carboxylic acids is 1.